The Kier molecular flexibility index (Phi) is 14.3. The fraction of sp³-hybridized carbons (Fsp3) is 0.350. The Bertz CT molecular complexity index is 1750. The second-order valence-corrected chi connectivity index (χ2v) is 12.0. The summed E-state index contributed by atoms with van der Waals surface area (Å²) in [5.74, 6) is 0.739. The van der Waals surface area contributed by atoms with E-state index in [9.17, 15) is 19.8 Å². The molecule has 0 radical (unpaired) electrons. The highest BCUT2D eigenvalue weighted by molar-refractivity contribution is 5.91. The number of esters is 2. The summed E-state index contributed by atoms with van der Waals surface area (Å²) in [6, 6.07) is 20.0. The van der Waals surface area contributed by atoms with Gasteiger partial charge >= 0.3 is 11.9 Å². The largest absolute Gasteiger partial charge is 0.508 e. The summed E-state index contributed by atoms with van der Waals surface area (Å²) < 4.78 is 44.0. The maximum Gasteiger partial charge on any atom is 0.338 e. The first-order valence-electron chi connectivity index (χ1n) is 16.6. The van der Waals surface area contributed by atoms with Crippen molar-refractivity contribution >= 4 is 11.9 Å². The number of methoxy groups -OCH3 is 6. The number of phenols is 2. The van der Waals surface area contributed by atoms with Crippen molar-refractivity contribution in [2.45, 2.75) is 25.7 Å². The van der Waals surface area contributed by atoms with E-state index in [4.69, 9.17) is 37.9 Å². The van der Waals surface area contributed by atoms with Crippen LogP contribution in [0.5, 0.6) is 46.0 Å². The van der Waals surface area contributed by atoms with Crippen LogP contribution in [0.1, 0.15) is 44.7 Å². The molecule has 12 heteroatoms. The van der Waals surface area contributed by atoms with Gasteiger partial charge in [0.2, 0.25) is 11.5 Å². The zero-order valence-electron chi connectivity index (χ0n) is 30.3. The highest BCUT2D eigenvalue weighted by Gasteiger charge is 2.26. The van der Waals surface area contributed by atoms with Crippen LogP contribution in [0.25, 0.3) is 0 Å². The predicted molar refractivity (Wildman–Crippen MR) is 193 cm³/mol. The number of aromatic hydroxyl groups is 2. The van der Waals surface area contributed by atoms with Gasteiger partial charge in [-0.25, -0.2) is 9.59 Å². The lowest BCUT2D eigenvalue weighted by atomic mass is 9.80. The van der Waals surface area contributed by atoms with Crippen molar-refractivity contribution in [3.63, 3.8) is 0 Å². The van der Waals surface area contributed by atoms with Crippen LogP contribution in [0.15, 0.2) is 72.8 Å². The molecule has 4 aromatic rings. The van der Waals surface area contributed by atoms with Crippen molar-refractivity contribution in [1.29, 1.82) is 0 Å². The van der Waals surface area contributed by atoms with Gasteiger partial charge in [0.15, 0.2) is 23.0 Å². The molecule has 0 fully saturated rings. The molecular weight excluding hydrogens is 672 g/mol. The van der Waals surface area contributed by atoms with E-state index < -0.39 is 11.9 Å². The lowest BCUT2D eigenvalue weighted by Gasteiger charge is -2.28. The first-order chi connectivity index (χ1) is 25.1. The number of rotatable bonds is 19. The molecule has 0 bridgehead atoms. The number of phenolic OH excluding ortho intramolecular Hbond substituents is 2. The SMILES string of the molecule is COc1cc(C(=O)OCCC[C@@H](Cc2cccc(O)c2)[C@@H](COC(=O)c2cc(OC)c(OC)c(OC)c2)Cc2cccc(O)c2)cc(OC)c1OC. The zero-order chi connectivity index (χ0) is 37.6. The van der Waals surface area contributed by atoms with Crippen molar-refractivity contribution in [2.24, 2.45) is 11.8 Å². The van der Waals surface area contributed by atoms with Crippen LogP contribution in [0.3, 0.4) is 0 Å². The molecule has 2 N–H and O–H groups in total. The average Bonchev–Trinajstić information content (AvgIpc) is 3.16. The maximum absolute atomic E-state index is 13.5. The predicted octanol–water partition coefficient (Wildman–Crippen LogP) is 6.66. The highest BCUT2D eigenvalue weighted by atomic mass is 16.5. The van der Waals surface area contributed by atoms with Crippen LogP contribution in [0, 0.1) is 11.8 Å². The summed E-state index contributed by atoms with van der Waals surface area (Å²) in [6.07, 6.45) is 2.05. The Morgan fingerprint density at radius 3 is 1.38 bits per heavy atom. The molecule has 278 valence electrons. The second kappa shape index (κ2) is 19.0. The van der Waals surface area contributed by atoms with E-state index in [1.54, 1.807) is 36.4 Å². The van der Waals surface area contributed by atoms with Crippen LogP contribution in [0.4, 0.5) is 0 Å². The topological polar surface area (TPSA) is 148 Å². The molecule has 12 nitrogen and oxygen atoms in total. The van der Waals surface area contributed by atoms with Crippen molar-refractivity contribution in [3.8, 4) is 46.0 Å². The fourth-order valence-corrected chi connectivity index (χ4v) is 6.10. The third-order valence-electron chi connectivity index (χ3n) is 8.67. The first-order valence-corrected chi connectivity index (χ1v) is 16.6. The molecule has 0 amide bonds. The number of carbonyl (C=O) groups excluding carboxylic acids is 2. The smallest absolute Gasteiger partial charge is 0.338 e. The van der Waals surface area contributed by atoms with Gasteiger partial charge in [-0.3, -0.25) is 0 Å². The van der Waals surface area contributed by atoms with Gasteiger partial charge in [0.05, 0.1) is 67.0 Å². The Hall–Kier alpha value is -5.78. The molecule has 0 unspecified atom stereocenters. The van der Waals surface area contributed by atoms with E-state index in [-0.39, 0.29) is 47.7 Å². The van der Waals surface area contributed by atoms with Crippen LogP contribution >= 0.6 is 0 Å². The Morgan fingerprint density at radius 2 is 0.981 bits per heavy atom. The van der Waals surface area contributed by atoms with E-state index in [1.165, 1.54) is 66.9 Å². The number of hydrogen-bond donors (Lipinski definition) is 2. The molecule has 4 rings (SSSR count). The van der Waals surface area contributed by atoms with Gasteiger partial charge in [-0.15, -0.1) is 0 Å². The van der Waals surface area contributed by atoms with E-state index in [0.717, 1.165) is 11.1 Å². The number of benzene rings is 4. The number of carbonyl (C=O) groups is 2. The molecule has 0 spiro atoms. The van der Waals surface area contributed by atoms with Gasteiger partial charge in [-0.05, 0) is 91.3 Å². The van der Waals surface area contributed by atoms with Crippen molar-refractivity contribution in [3.05, 3.63) is 95.1 Å². The molecule has 0 saturated heterocycles. The van der Waals surface area contributed by atoms with E-state index in [2.05, 4.69) is 0 Å². The Labute approximate surface area is 303 Å². The minimum atomic E-state index is -0.587. The van der Waals surface area contributed by atoms with Gasteiger partial charge in [0.1, 0.15) is 11.5 Å². The van der Waals surface area contributed by atoms with Crippen LogP contribution in [-0.4, -0.2) is 78.0 Å². The molecular formula is C40H46O12. The van der Waals surface area contributed by atoms with Crippen molar-refractivity contribution in [2.75, 3.05) is 55.9 Å². The molecule has 52 heavy (non-hydrogen) atoms. The minimum absolute atomic E-state index is 0.0276. The number of hydrogen-bond acceptors (Lipinski definition) is 12. The normalized spacial score (nSPS) is 11.9. The molecule has 0 aliphatic heterocycles. The van der Waals surface area contributed by atoms with Gasteiger partial charge in [-0.1, -0.05) is 24.3 Å². The second-order valence-electron chi connectivity index (χ2n) is 12.0. The van der Waals surface area contributed by atoms with Gasteiger partial charge < -0.3 is 48.1 Å². The number of ether oxygens (including phenoxy) is 8. The highest BCUT2D eigenvalue weighted by Crippen LogP contribution is 2.40. The lowest BCUT2D eigenvalue weighted by molar-refractivity contribution is 0.0361. The third-order valence-corrected chi connectivity index (χ3v) is 8.67. The fourth-order valence-electron chi connectivity index (χ4n) is 6.10. The summed E-state index contributed by atoms with van der Waals surface area (Å²) in [5.41, 5.74) is 2.19. The molecule has 0 saturated carbocycles. The lowest BCUT2D eigenvalue weighted by Crippen LogP contribution is -2.26. The van der Waals surface area contributed by atoms with Gasteiger partial charge in [0, 0.05) is 5.92 Å². The standard InChI is InChI=1S/C40H46O12/c1-45-33-20-28(21-34(46-2)37(33)49-5)39(43)51-15-9-12-27(16-25-10-7-13-31(41)18-25)30(17-26-11-8-14-32(42)19-26)24-52-40(44)29-22-35(47-3)38(50-6)36(23-29)48-4/h7-8,10-11,13-14,18-23,27,30,41-42H,9,12,15-17,24H2,1-6H3/t27-,30+/m0/s1. The Morgan fingerprint density at radius 1 is 0.558 bits per heavy atom. The minimum Gasteiger partial charge on any atom is -0.508 e. The van der Waals surface area contributed by atoms with Crippen LogP contribution < -0.4 is 28.4 Å². The summed E-state index contributed by atoms with van der Waals surface area (Å²) in [4.78, 5) is 26.6. The maximum atomic E-state index is 13.5. The van der Waals surface area contributed by atoms with Crippen molar-refractivity contribution in [1.82, 2.24) is 0 Å². The zero-order valence-corrected chi connectivity index (χ0v) is 30.3. The van der Waals surface area contributed by atoms with Crippen LogP contribution in [-0.2, 0) is 22.3 Å². The Balaban J connectivity index is 1.57. The first kappa shape index (κ1) is 39.0. The third kappa shape index (κ3) is 10.1. The van der Waals surface area contributed by atoms with Gasteiger partial charge in [0.25, 0.3) is 0 Å². The molecule has 0 heterocycles. The monoisotopic (exact) mass is 718 g/mol. The quantitative estimate of drug-likeness (QED) is 0.0789. The van der Waals surface area contributed by atoms with E-state index in [0.29, 0.717) is 60.2 Å². The van der Waals surface area contributed by atoms with Crippen molar-refractivity contribution < 1.29 is 57.7 Å². The average molecular weight is 719 g/mol. The van der Waals surface area contributed by atoms with E-state index in [1.807, 2.05) is 12.1 Å². The summed E-state index contributed by atoms with van der Waals surface area (Å²) in [7, 11) is 8.82. The van der Waals surface area contributed by atoms with Gasteiger partial charge in [-0.2, -0.15) is 0 Å². The summed E-state index contributed by atoms with van der Waals surface area (Å²) in [5, 5.41) is 20.5. The van der Waals surface area contributed by atoms with Crippen LogP contribution in [0.2, 0.25) is 0 Å². The molecule has 0 aromatic heterocycles. The van der Waals surface area contributed by atoms with E-state index >= 15 is 0 Å². The molecule has 2 atom stereocenters. The molecule has 0 aliphatic rings. The summed E-state index contributed by atoms with van der Waals surface area (Å²) >= 11 is 0. The molecule has 0 aliphatic carbocycles. The summed E-state index contributed by atoms with van der Waals surface area (Å²) in [6.45, 7) is 0.135. The molecule has 4 aromatic carbocycles.